The van der Waals surface area contributed by atoms with Crippen molar-refractivity contribution in [1.29, 1.82) is 0 Å². The second-order valence-corrected chi connectivity index (χ2v) is 7.07. The lowest BCUT2D eigenvalue weighted by Gasteiger charge is -2.09. The highest BCUT2D eigenvalue weighted by Gasteiger charge is 2.09. The van der Waals surface area contributed by atoms with Crippen LogP contribution in [0.25, 0.3) is 0 Å². The Kier molecular flexibility index (Phi) is 7.27. The number of hydrogen-bond donors (Lipinski definition) is 1. The van der Waals surface area contributed by atoms with E-state index in [-0.39, 0.29) is 19.1 Å². The fourth-order valence-corrected chi connectivity index (χ4v) is 2.78. The Morgan fingerprint density at radius 1 is 0.839 bits per heavy atom. The normalized spacial score (nSPS) is 10.3. The average molecular weight is 419 g/mol. The second kappa shape index (κ2) is 10.3. The number of benzene rings is 3. The number of methoxy groups -OCH3 is 1. The lowest BCUT2D eigenvalue weighted by molar-refractivity contribution is -0.147. The van der Waals surface area contributed by atoms with Gasteiger partial charge in [-0.2, -0.15) is 0 Å². The summed E-state index contributed by atoms with van der Waals surface area (Å²) >= 11 is 0. The van der Waals surface area contributed by atoms with Gasteiger partial charge in [0, 0.05) is 11.3 Å². The van der Waals surface area contributed by atoms with Crippen molar-refractivity contribution in [3.63, 3.8) is 0 Å². The van der Waals surface area contributed by atoms with Gasteiger partial charge in [-0.15, -0.1) is 0 Å². The summed E-state index contributed by atoms with van der Waals surface area (Å²) in [5.74, 6) is 0.665. The predicted molar refractivity (Wildman–Crippen MR) is 119 cm³/mol. The summed E-state index contributed by atoms with van der Waals surface area (Å²) in [5.41, 5.74) is 4.22. The molecule has 0 atom stereocenters. The first-order chi connectivity index (χ1) is 14.9. The third-order valence-corrected chi connectivity index (χ3v) is 4.80. The van der Waals surface area contributed by atoms with Gasteiger partial charge in [0.25, 0.3) is 5.91 Å². The monoisotopic (exact) mass is 419 g/mol. The van der Waals surface area contributed by atoms with Crippen LogP contribution in [0.1, 0.15) is 27.0 Å². The van der Waals surface area contributed by atoms with Gasteiger partial charge in [0.15, 0.2) is 6.61 Å². The van der Waals surface area contributed by atoms with Gasteiger partial charge in [0.05, 0.1) is 7.11 Å². The molecule has 3 rings (SSSR count). The van der Waals surface area contributed by atoms with Crippen LogP contribution < -0.4 is 14.8 Å². The average Bonchev–Trinajstić information content (AvgIpc) is 2.79. The van der Waals surface area contributed by atoms with Crippen LogP contribution in [-0.4, -0.2) is 25.6 Å². The number of aryl methyl sites for hydroxylation is 2. The lowest BCUT2D eigenvalue weighted by atomic mass is 10.1. The highest BCUT2D eigenvalue weighted by molar-refractivity contribution is 6.04. The Bertz CT molecular complexity index is 1040. The highest BCUT2D eigenvalue weighted by Crippen LogP contribution is 2.17. The zero-order chi connectivity index (χ0) is 22.2. The molecule has 0 bridgehead atoms. The molecule has 0 saturated heterocycles. The van der Waals surface area contributed by atoms with Crippen molar-refractivity contribution >= 4 is 17.6 Å². The maximum atomic E-state index is 12.4. The van der Waals surface area contributed by atoms with E-state index >= 15 is 0 Å². The molecule has 0 aromatic heterocycles. The Morgan fingerprint density at radius 3 is 2.16 bits per heavy atom. The third-order valence-electron chi connectivity index (χ3n) is 4.80. The number of esters is 1. The number of anilines is 1. The molecule has 6 nitrogen and oxygen atoms in total. The predicted octanol–water partition coefficient (Wildman–Crippen LogP) is 4.69. The summed E-state index contributed by atoms with van der Waals surface area (Å²) in [4.78, 5) is 24.3. The number of carbonyl (C=O) groups excluding carboxylic acids is 2. The van der Waals surface area contributed by atoms with Crippen LogP contribution in [0.5, 0.6) is 11.5 Å². The summed E-state index contributed by atoms with van der Waals surface area (Å²) in [6.45, 7) is 3.95. The first-order valence-electron chi connectivity index (χ1n) is 9.84. The molecule has 0 spiro atoms. The van der Waals surface area contributed by atoms with Gasteiger partial charge in [-0.25, -0.2) is 4.79 Å². The van der Waals surface area contributed by atoms with E-state index in [1.807, 2.05) is 32.0 Å². The lowest BCUT2D eigenvalue weighted by Crippen LogP contribution is -2.15. The standard InChI is InChI=1S/C25H25NO5/c1-17-4-11-23(14-18(17)2)30-16-24(27)31-15-19-5-7-20(8-6-19)25(28)26-21-9-12-22(29-3)13-10-21/h4-14H,15-16H2,1-3H3,(H,26,28). The number of amides is 1. The summed E-state index contributed by atoms with van der Waals surface area (Å²) in [7, 11) is 1.59. The van der Waals surface area contributed by atoms with Crippen LogP contribution >= 0.6 is 0 Å². The molecule has 1 N–H and O–H groups in total. The van der Waals surface area contributed by atoms with E-state index in [4.69, 9.17) is 14.2 Å². The Morgan fingerprint density at radius 2 is 1.52 bits per heavy atom. The van der Waals surface area contributed by atoms with Crippen molar-refractivity contribution in [3.8, 4) is 11.5 Å². The summed E-state index contributed by atoms with van der Waals surface area (Å²) < 4.78 is 15.8. The van der Waals surface area contributed by atoms with Crippen LogP contribution in [0.4, 0.5) is 5.69 Å². The topological polar surface area (TPSA) is 73.9 Å². The van der Waals surface area contributed by atoms with E-state index in [0.29, 0.717) is 17.0 Å². The quantitative estimate of drug-likeness (QED) is 0.537. The maximum absolute atomic E-state index is 12.4. The summed E-state index contributed by atoms with van der Waals surface area (Å²) in [6, 6.07) is 19.6. The van der Waals surface area contributed by atoms with E-state index in [0.717, 1.165) is 22.4 Å². The molecule has 1 amide bonds. The third kappa shape index (κ3) is 6.34. The van der Waals surface area contributed by atoms with Crippen molar-refractivity contribution in [1.82, 2.24) is 0 Å². The first kappa shape index (κ1) is 21.9. The minimum atomic E-state index is -0.459. The van der Waals surface area contributed by atoms with Crippen molar-refractivity contribution in [2.75, 3.05) is 19.0 Å². The molecule has 6 heteroatoms. The molecule has 0 aliphatic heterocycles. The molecule has 0 unspecified atom stereocenters. The van der Waals surface area contributed by atoms with E-state index in [2.05, 4.69) is 5.32 Å². The molecule has 0 aliphatic rings. The van der Waals surface area contributed by atoms with Gasteiger partial charge < -0.3 is 19.5 Å². The van der Waals surface area contributed by atoms with E-state index in [9.17, 15) is 9.59 Å². The smallest absolute Gasteiger partial charge is 0.344 e. The first-order valence-corrected chi connectivity index (χ1v) is 9.84. The highest BCUT2D eigenvalue weighted by atomic mass is 16.6. The zero-order valence-electron chi connectivity index (χ0n) is 17.8. The van der Waals surface area contributed by atoms with Crippen molar-refractivity contribution < 1.29 is 23.8 Å². The van der Waals surface area contributed by atoms with Crippen LogP contribution in [0, 0.1) is 13.8 Å². The Balaban J connectivity index is 1.46. The van der Waals surface area contributed by atoms with Crippen LogP contribution in [0.15, 0.2) is 66.7 Å². The van der Waals surface area contributed by atoms with Gasteiger partial charge in [-0.05, 0) is 79.1 Å². The maximum Gasteiger partial charge on any atom is 0.344 e. The van der Waals surface area contributed by atoms with Crippen LogP contribution in [0.2, 0.25) is 0 Å². The van der Waals surface area contributed by atoms with Crippen LogP contribution in [0.3, 0.4) is 0 Å². The molecule has 160 valence electrons. The van der Waals surface area contributed by atoms with E-state index in [1.165, 1.54) is 0 Å². The molecule has 0 heterocycles. The van der Waals surface area contributed by atoms with Crippen molar-refractivity contribution in [2.24, 2.45) is 0 Å². The van der Waals surface area contributed by atoms with E-state index < -0.39 is 5.97 Å². The Labute approximate surface area is 181 Å². The molecule has 0 radical (unpaired) electrons. The molecule has 0 fully saturated rings. The molecular formula is C25H25NO5. The molecule has 0 saturated carbocycles. The second-order valence-electron chi connectivity index (χ2n) is 7.07. The number of hydrogen-bond acceptors (Lipinski definition) is 5. The molecule has 3 aromatic carbocycles. The summed E-state index contributed by atoms with van der Waals surface area (Å²) in [5, 5.41) is 2.82. The van der Waals surface area contributed by atoms with Gasteiger partial charge >= 0.3 is 5.97 Å². The molecule has 0 aliphatic carbocycles. The largest absolute Gasteiger partial charge is 0.497 e. The fourth-order valence-electron chi connectivity index (χ4n) is 2.78. The molecular weight excluding hydrogens is 394 g/mol. The van der Waals surface area contributed by atoms with Crippen molar-refractivity contribution in [3.05, 3.63) is 89.0 Å². The Hall–Kier alpha value is -3.80. The minimum Gasteiger partial charge on any atom is -0.497 e. The van der Waals surface area contributed by atoms with Gasteiger partial charge in [-0.1, -0.05) is 18.2 Å². The number of carbonyl (C=O) groups is 2. The van der Waals surface area contributed by atoms with Gasteiger partial charge in [0.1, 0.15) is 18.1 Å². The summed E-state index contributed by atoms with van der Waals surface area (Å²) in [6.07, 6.45) is 0. The van der Waals surface area contributed by atoms with Crippen molar-refractivity contribution in [2.45, 2.75) is 20.5 Å². The number of rotatable bonds is 8. The zero-order valence-corrected chi connectivity index (χ0v) is 17.8. The number of nitrogens with one attached hydrogen (secondary N) is 1. The minimum absolute atomic E-state index is 0.107. The number of ether oxygens (including phenoxy) is 3. The van der Waals surface area contributed by atoms with Gasteiger partial charge in [0.2, 0.25) is 0 Å². The molecule has 3 aromatic rings. The van der Waals surface area contributed by atoms with E-state index in [1.54, 1.807) is 55.6 Å². The van der Waals surface area contributed by atoms with Gasteiger partial charge in [-0.3, -0.25) is 4.79 Å². The molecule has 31 heavy (non-hydrogen) atoms. The van der Waals surface area contributed by atoms with Crippen LogP contribution in [-0.2, 0) is 16.1 Å². The fraction of sp³-hybridized carbons (Fsp3) is 0.200. The SMILES string of the molecule is COc1ccc(NC(=O)c2ccc(COC(=O)COc3ccc(C)c(C)c3)cc2)cc1.